The third-order valence-electron chi connectivity index (χ3n) is 4.39. The average Bonchev–Trinajstić information content (AvgIpc) is 2.62. The highest BCUT2D eigenvalue weighted by molar-refractivity contribution is 6.32. The Morgan fingerprint density at radius 3 is 3.00 bits per heavy atom. The summed E-state index contributed by atoms with van der Waals surface area (Å²) in [6.45, 7) is 2.58. The molecule has 1 aliphatic carbocycles. The van der Waals surface area contributed by atoms with E-state index in [1.807, 2.05) is 17.9 Å². The maximum absolute atomic E-state index is 13.0. The van der Waals surface area contributed by atoms with Gasteiger partial charge in [-0.1, -0.05) is 17.7 Å². The smallest absolute Gasteiger partial charge is 0.256 e. The fourth-order valence-electron chi connectivity index (χ4n) is 3.25. The summed E-state index contributed by atoms with van der Waals surface area (Å²) in [6.07, 6.45) is 6.29. The van der Waals surface area contributed by atoms with Crippen LogP contribution < -0.4 is 4.74 Å². The molecule has 0 aliphatic heterocycles. The first-order chi connectivity index (χ1) is 11.7. The third-order valence-corrected chi connectivity index (χ3v) is 4.66. The topological polar surface area (TPSA) is 55.3 Å². The van der Waals surface area contributed by atoms with Gasteiger partial charge >= 0.3 is 0 Å². The first kappa shape index (κ1) is 16.7. The lowest BCUT2D eigenvalue weighted by Crippen LogP contribution is -2.37. The molecule has 1 amide bonds. The monoisotopic (exact) mass is 345 g/mol. The van der Waals surface area contributed by atoms with Crippen LogP contribution in [0, 0.1) is 0 Å². The summed E-state index contributed by atoms with van der Waals surface area (Å²) in [6, 6.07) is 5.65. The molecule has 0 saturated heterocycles. The number of halogens is 1. The Hall–Kier alpha value is -2.14. The predicted octanol–water partition coefficient (Wildman–Crippen LogP) is 3.68. The van der Waals surface area contributed by atoms with Gasteiger partial charge in [0, 0.05) is 18.9 Å². The highest BCUT2D eigenvalue weighted by atomic mass is 35.5. The van der Waals surface area contributed by atoms with E-state index >= 15 is 0 Å². The molecule has 2 aromatic heterocycles. The van der Waals surface area contributed by atoms with Crippen molar-refractivity contribution in [2.45, 2.75) is 32.2 Å². The number of carbonyl (C=O) groups excluding carboxylic acids is 1. The molecule has 0 radical (unpaired) electrons. The SMILES string of the molecule is CCN(C(=O)c1cnc(OC)c(Cl)c1)C1CCCc2cccnc21. The molecule has 2 aromatic rings. The third kappa shape index (κ3) is 3.08. The molecule has 0 bridgehead atoms. The van der Waals surface area contributed by atoms with Crippen LogP contribution in [0.4, 0.5) is 0 Å². The zero-order chi connectivity index (χ0) is 17.1. The number of nitrogens with zero attached hydrogens (tertiary/aromatic N) is 3. The van der Waals surface area contributed by atoms with E-state index in [1.54, 1.807) is 12.3 Å². The number of fused-ring (bicyclic) bond motifs is 1. The van der Waals surface area contributed by atoms with Crippen LogP contribution in [0.25, 0.3) is 0 Å². The van der Waals surface area contributed by atoms with Crippen LogP contribution in [-0.2, 0) is 6.42 Å². The van der Waals surface area contributed by atoms with E-state index in [1.165, 1.54) is 18.9 Å². The van der Waals surface area contributed by atoms with Crippen LogP contribution in [0.15, 0.2) is 30.6 Å². The van der Waals surface area contributed by atoms with Crippen LogP contribution in [0.1, 0.15) is 47.4 Å². The Kier molecular flexibility index (Phi) is 5.00. The van der Waals surface area contributed by atoms with E-state index in [2.05, 4.69) is 16.0 Å². The molecule has 6 heteroatoms. The summed E-state index contributed by atoms with van der Waals surface area (Å²) in [4.78, 5) is 23.5. The molecule has 24 heavy (non-hydrogen) atoms. The van der Waals surface area contributed by atoms with Crippen LogP contribution in [0.5, 0.6) is 5.88 Å². The Labute approximate surface area is 146 Å². The number of carbonyl (C=O) groups is 1. The van der Waals surface area contributed by atoms with Crippen molar-refractivity contribution in [3.63, 3.8) is 0 Å². The Morgan fingerprint density at radius 1 is 1.46 bits per heavy atom. The number of amides is 1. The van der Waals surface area contributed by atoms with Gasteiger partial charge in [-0.05, 0) is 43.9 Å². The quantitative estimate of drug-likeness (QED) is 0.848. The molecule has 126 valence electrons. The highest BCUT2D eigenvalue weighted by Gasteiger charge is 2.30. The molecule has 2 heterocycles. The van der Waals surface area contributed by atoms with Crippen molar-refractivity contribution in [1.82, 2.24) is 14.9 Å². The molecule has 0 N–H and O–H groups in total. The standard InChI is InChI=1S/C18H20ClN3O2/c1-3-22(15-8-4-6-12-7-5-9-20-16(12)15)18(23)13-10-14(19)17(24-2)21-11-13/h5,7,9-11,15H,3-4,6,8H2,1-2H3. The number of aryl methyl sites for hydroxylation is 1. The van der Waals surface area contributed by atoms with Gasteiger partial charge in [-0.3, -0.25) is 9.78 Å². The second-order valence-electron chi connectivity index (χ2n) is 5.76. The maximum atomic E-state index is 13.0. The minimum Gasteiger partial charge on any atom is -0.480 e. The second-order valence-corrected chi connectivity index (χ2v) is 6.17. The van der Waals surface area contributed by atoms with Gasteiger partial charge in [0.25, 0.3) is 5.91 Å². The molecule has 1 unspecified atom stereocenters. The van der Waals surface area contributed by atoms with Crippen molar-refractivity contribution >= 4 is 17.5 Å². The molecule has 1 aliphatic rings. The van der Waals surface area contributed by atoms with Crippen molar-refractivity contribution in [2.75, 3.05) is 13.7 Å². The summed E-state index contributed by atoms with van der Waals surface area (Å²) >= 11 is 6.12. The lowest BCUT2D eigenvalue weighted by molar-refractivity contribution is 0.0664. The van der Waals surface area contributed by atoms with Gasteiger partial charge in [0.15, 0.2) is 0 Å². The number of rotatable bonds is 4. The first-order valence-electron chi connectivity index (χ1n) is 8.10. The predicted molar refractivity (Wildman–Crippen MR) is 92.4 cm³/mol. The molecule has 0 fully saturated rings. The van der Waals surface area contributed by atoms with Crippen molar-refractivity contribution in [3.8, 4) is 5.88 Å². The van der Waals surface area contributed by atoms with E-state index in [9.17, 15) is 4.79 Å². The summed E-state index contributed by atoms with van der Waals surface area (Å²) in [5.41, 5.74) is 2.70. The summed E-state index contributed by atoms with van der Waals surface area (Å²) in [5, 5.41) is 0.335. The number of hydrogen-bond donors (Lipinski definition) is 0. The van der Waals surface area contributed by atoms with Gasteiger partial charge in [0.1, 0.15) is 5.02 Å². The highest BCUT2D eigenvalue weighted by Crippen LogP contribution is 2.34. The van der Waals surface area contributed by atoms with Crippen molar-refractivity contribution in [1.29, 1.82) is 0 Å². The maximum Gasteiger partial charge on any atom is 0.256 e. The number of hydrogen-bond acceptors (Lipinski definition) is 4. The molecule has 0 aromatic carbocycles. The fraction of sp³-hybridized carbons (Fsp3) is 0.389. The van der Waals surface area contributed by atoms with Crippen LogP contribution in [0.3, 0.4) is 0 Å². The van der Waals surface area contributed by atoms with Crippen molar-refractivity contribution in [3.05, 3.63) is 52.4 Å². The summed E-state index contributed by atoms with van der Waals surface area (Å²) in [7, 11) is 1.50. The Balaban J connectivity index is 1.92. The Morgan fingerprint density at radius 2 is 2.29 bits per heavy atom. The largest absolute Gasteiger partial charge is 0.480 e. The van der Waals surface area contributed by atoms with E-state index in [0.29, 0.717) is 23.0 Å². The Bertz CT molecular complexity index is 751. The van der Waals surface area contributed by atoms with Gasteiger partial charge in [-0.2, -0.15) is 0 Å². The minimum atomic E-state index is -0.0851. The van der Waals surface area contributed by atoms with Crippen LogP contribution in [0.2, 0.25) is 5.02 Å². The lowest BCUT2D eigenvalue weighted by Gasteiger charge is -2.34. The van der Waals surface area contributed by atoms with Crippen LogP contribution >= 0.6 is 11.6 Å². The zero-order valence-electron chi connectivity index (χ0n) is 13.8. The molecular formula is C18H20ClN3O2. The van der Waals surface area contributed by atoms with E-state index < -0.39 is 0 Å². The number of pyridine rings is 2. The van der Waals surface area contributed by atoms with Gasteiger partial charge in [0.05, 0.1) is 24.4 Å². The summed E-state index contributed by atoms with van der Waals surface area (Å²) < 4.78 is 5.05. The average molecular weight is 346 g/mol. The number of methoxy groups -OCH3 is 1. The number of ether oxygens (including phenoxy) is 1. The van der Waals surface area contributed by atoms with E-state index in [-0.39, 0.29) is 11.9 Å². The lowest BCUT2D eigenvalue weighted by atomic mass is 9.90. The second kappa shape index (κ2) is 7.18. The molecule has 1 atom stereocenters. The molecule has 0 spiro atoms. The molecule has 5 nitrogen and oxygen atoms in total. The van der Waals surface area contributed by atoms with Crippen molar-refractivity contribution < 1.29 is 9.53 Å². The molecule has 0 saturated carbocycles. The van der Waals surface area contributed by atoms with Crippen molar-refractivity contribution in [2.24, 2.45) is 0 Å². The van der Waals surface area contributed by atoms with Gasteiger partial charge in [0.2, 0.25) is 5.88 Å². The van der Waals surface area contributed by atoms with E-state index in [0.717, 1.165) is 25.0 Å². The minimum absolute atomic E-state index is 0.00618. The van der Waals surface area contributed by atoms with Crippen LogP contribution in [-0.4, -0.2) is 34.4 Å². The molecule has 3 rings (SSSR count). The molecular weight excluding hydrogens is 326 g/mol. The van der Waals surface area contributed by atoms with Gasteiger partial charge < -0.3 is 9.64 Å². The van der Waals surface area contributed by atoms with Gasteiger partial charge in [-0.25, -0.2) is 4.98 Å². The number of aromatic nitrogens is 2. The first-order valence-corrected chi connectivity index (χ1v) is 8.47. The zero-order valence-corrected chi connectivity index (χ0v) is 14.6. The van der Waals surface area contributed by atoms with Gasteiger partial charge in [-0.15, -0.1) is 0 Å². The fourth-order valence-corrected chi connectivity index (χ4v) is 3.50. The van der Waals surface area contributed by atoms with E-state index in [4.69, 9.17) is 16.3 Å². The normalized spacial score (nSPS) is 16.4. The summed E-state index contributed by atoms with van der Waals surface area (Å²) in [5.74, 6) is 0.235.